The summed E-state index contributed by atoms with van der Waals surface area (Å²) in [5.74, 6) is -3.75. The van der Waals surface area contributed by atoms with Gasteiger partial charge in [-0.2, -0.15) is 0 Å². The van der Waals surface area contributed by atoms with Crippen molar-refractivity contribution in [1.82, 2.24) is 0 Å². The fraction of sp³-hybridized carbons (Fsp3) is 0.312. The van der Waals surface area contributed by atoms with E-state index in [-0.39, 0.29) is 16.3 Å². The summed E-state index contributed by atoms with van der Waals surface area (Å²) >= 11 is 5.84. The Bertz CT molecular complexity index is 821. The van der Waals surface area contributed by atoms with Crippen LogP contribution in [0.25, 0.3) is 0 Å². The van der Waals surface area contributed by atoms with Crippen molar-refractivity contribution in [2.75, 3.05) is 11.5 Å². The third-order valence-corrected chi connectivity index (χ3v) is 5.17. The van der Waals surface area contributed by atoms with Gasteiger partial charge in [0.25, 0.3) is 0 Å². The van der Waals surface area contributed by atoms with Gasteiger partial charge in [-0.1, -0.05) is 23.8 Å². The first kappa shape index (κ1) is 15.3. The number of carbonyl (C=O) groups excluding carboxylic acids is 2. The molecule has 3 aliphatic heterocycles. The van der Waals surface area contributed by atoms with E-state index >= 15 is 0 Å². The van der Waals surface area contributed by atoms with E-state index in [4.69, 9.17) is 21.4 Å². The highest BCUT2D eigenvalue weighted by Gasteiger charge is 2.67. The quantitative estimate of drug-likeness (QED) is 0.619. The number of carboxylic acids is 1. The van der Waals surface area contributed by atoms with Gasteiger partial charge in [0.15, 0.2) is 0 Å². The lowest BCUT2D eigenvalue weighted by Crippen LogP contribution is -2.43. The van der Waals surface area contributed by atoms with Crippen LogP contribution in [0.3, 0.4) is 0 Å². The topological polar surface area (TPSA) is 104 Å². The van der Waals surface area contributed by atoms with Gasteiger partial charge in [0, 0.05) is 0 Å². The maximum atomic E-state index is 12.8. The molecule has 0 spiro atoms. The van der Waals surface area contributed by atoms with Gasteiger partial charge in [-0.25, -0.2) is 9.69 Å². The molecular formula is C16H12ClNO6. The lowest BCUT2D eigenvalue weighted by atomic mass is 9.77. The second-order valence-corrected chi connectivity index (χ2v) is 6.45. The van der Waals surface area contributed by atoms with E-state index < -0.39 is 47.9 Å². The Morgan fingerprint density at radius 1 is 1.33 bits per heavy atom. The number of hydrogen-bond acceptors (Lipinski definition) is 5. The molecule has 4 atom stereocenters. The zero-order valence-corrected chi connectivity index (χ0v) is 12.9. The molecule has 2 fully saturated rings. The number of aliphatic hydroxyl groups excluding tert-OH is 1. The first-order chi connectivity index (χ1) is 11.4. The predicted molar refractivity (Wildman–Crippen MR) is 81.7 cm³/mol. The number of aromatic carboxylic acids is 1. The Morgan fingerprint density at radius 2 is 2.08 bits per heavy atom. The number of aliphatic hydroxyl groups is 1. The second-order valence-electron chi connectivity index (χ2n) is 6.04. The normalized spacial score (nSPS) is 33.4. The Morgan fingerprint density at radius 3 is 2.75 bits per heavy atom. The van der Waals surface area contributed by atoms with Gasteiger partial charge >= 0.3 is 5.97 Å². The number of halogens is 1. The third-order valence-electron chi connectivity index (χ3n) is 4.84. The van der Waals surface area contributed by atoms with Crippen LogP contribution < -0.4 is 4.90 Å². The van der Waals surface area contributed by atoms with Crippen molar-refractivity contribution >= 4 is 35.1 Å². The lowest BCUT2D eigenvalue weighted by molar-refractivity contribution is -0.128. The fourth-order valence-electron chi connectivity index (χ4n) is 3.75. The molecule has 124 valence electrons. The van der Waals surface area contributed by atoms with E-state index in [1.54, 1.807) is 12.2 Å². The fourth-order valence-corrected chi connectivity index (χ4v) is 3.95. The summed E-state index contributed by atoms with van der Waals surface area (Å²) in [6.45, 7) is -0.408. The van der Waals surface area contributed by atoms with Crippen LogP contribution in [0.2, 0.25) is 5.02 Å². The minimum atomic E-state index is -1.25. The van der Waals surface area contributed by atoms with E-state index in [0.717, 1.165) is 4.90 Å². The molecule has 2 saturated heterocycles. The SMILES string of the molecule is O=C(O)c1cc(N2C(=O)[C@@H]3[C@@H]4C=C[C@](CO)(O4)[C@@H]3C2=O)ccc1Cl. The summed E-state index contributed by atoms with van der Waals surface area (Å²) in [5, 5.41) is 18.8. The molecule has 24 heavy (non-hydrogen) atoms. The summed E-state index contributed by atoms with van der Waals surface area (Å²) in [5.41, 5.74) is -1.23. The molecule has 0 aromatic heterocycles. The molecule has 3 aliphatic rings. The van der Waals surface area contributed by atoms with Crippen LogP contribution in [-0.2, 0) is 14.3 Å². The molecule has 2 bridgehead atoms. The number of rotatable bonds is 3. The number of amides is 2. The van der Waals surface area contributed by atoms with E-state index in [1.807, 2.05) is 0 Å². The van der Waals surface area contributed by atoms with Crippen molar-refractivity contribution in [3.05, 3.63) is 40.9 Å². The van der Waals surface area contributed by atoms with Gasteiger partial charge < -0.3 is 14.9 Å². The van der Waals surface area contributed by atoms with Crippen molar-refractivity contribution in [2.24, 2.45) is 11.8 Å². The summed E-state index contributed by atoms with van der Waals surface area (Å²) < 4.78 is 5.64. The van der Waals surface area contributed by atoms with Crippen molar-refractivity contribution in [1.29, 1.82) is 0 Å². The lowest BCUT2D eigenvalue weighted by Gasteiger charge is -2.26. The van der Waals surface area contributed by atoms with Crippen molar-refractivity contribution < 1.29 is 29.3 Å². The number of fused-ring (bicyclic) bond motifs is 5. The molecular weight excluding hydrogens is 338 g/mol. The van der Waals surface area contributed by atoms with E-state index in [1.165, 1.54) is 18.2 Å². The second kappa shape index (κ2) is 4.89. The Labute approximate surface area is 141 Å². The van der Waals surface area contributed by atoms with Crippen molar-refractivity contribution in [3.8, 4) is 0 Å². The van der Waals surface area contributed by atoms with Crippen LogP contribution in [0.5, 0.6) is 0 Å². The molecule has 2 amide bonds. The molecule has 4 rings (SSSR count). The molecule has 1 aromatic carbocycles. The van der Waals surface area contributed by atoms with Gasteiger partial charge in [-0.05, 0) is 18.2 Å². The van der Waals surface area contributed by atoms with Crippen LogP contribution in [-0.4, -0.2) is 46.3 Å². The predicted octanol–water partition coefficient (Wildman–Crippen LogP) is 0.843. The average Bonchev–Trinajstić information content (AvgIpc) is 3.19. The molecule has 0 radical (unpaired) electrons. The maximum Gasteiger partial charge on any atom is 0.337 e. The molecule has 0 unspecified atom stereocenters. The van der Waals surface area contributed by atoms with Crippen LogP contribution in [0.15, 0.2) is 30.4 Å². The Balaban J connectivity index is 1.77. The smallest absolute Gasteiger partial charge is 0.337 e. The van der Waals surface area contributed by atoms with Gasteiger partial charge in [-0.3, -0.25) is 9.59 Å². The van der Waals surface area contributed by atoms with Gasteiger partial charge in [0.1, 0.15) is 5.60 Å². The standard InChI is InChI=1S/C16H12ClNO6/c17-9-2-1-7(5-8(9)15(22)23)18-13(20)11-10-3-4-16(6-19,24-10)12(11)14(18)21/h1-5,10-12,19H,6H2,(H,22,23)/t10-,11+,12-,16+/m0/s1. The number of carbonyl (C=O) groups is 3. The summed E-state index contributed by atoms with van der Waals surface area (Å²) in [7, 11) is 0. The molecule has 3 heterocycles. The van der Waals surface area contributed by atoms with E-state index in [9.17, 15) is 19.5 Å². The van der Waals surface area contributed by atoms with Crippen LogP contribution in [0.4, 0.5) is 5.69 Å². The average molecular weight is 350 g/mol. The van der Waals surface area contributed by atoms with Crippen molar-refractivity contribution in [2.45, 2.75) is 11.7 Å². The van der Waals surface area contributed by atoms with Crippen molar-refractivity contribution in [3.63, 3.8) is 0 Å². The number of nitrogens with zero attached hydrogens (tertiary/aromatic N) is 1. The zero-order chi connectivity index (χ0) is 17.2. The van der Waals surface area contributed by atoms with Gasteiger partial charge in [0.05, 0.1) is 40.8 Å². The van der Waals surface area contributed by atoms with Crippen LogP contribution in [0, 0.1) is 11.8 Å². The maximum absolute atomic E-state index is 12.8. The number of carboxylic acid groups (broad SMARTS) is 1. The minimum Gasteiger partial charge on any atom is -0.478 e. The van der Waals surface area contributed by atoms with Gasteiger partial charge in [-0.15, -0.1) is 0 Å². The molecule has 0 saturated carbocycles. The first-order valence-corrected chi connectivity index (χ1v) is 7.66. The minimum absolute atomic E-state index is 0.0161. The molecule has 7 nitrogen and oxygen atoms in total. The Kier molecular flexibility index (Phi) is 3.12. The highest BCUT2D eigenvalue weighted by atomic mass is 35.5. The van der Waals surface area contributed by atoms with E-state index in [0.29, 0.717) is 0 Å². The van der Waals surface area contributed by atoms with Gasteiger partial charge in [0.2, 0.25) is 11.8 Å². The molecule has 1 aromatic rings. The summed E-state index contributed by atoms with van der Waals surface area (Å²) in [6, 6.07) is 3.96. The van der Waals surface area contributed by atoms with E-state index in [2.05, 4.69) is 0 Å². The van der Waals surface area contributed by atoms with Crippen LogP contribution >= 0.6 is 11.6 Å². The monoisotopic (exact) mass is 349 g/mol. The molecule has 8 heteroatoms. The third kappa shape index (κ3) is 1.77. The largest absolute Gasteiger partial charge is 0.478 e. The number of benzene rings is 1. The number of ether oxygens (including phenoxy) is 1. The first-order valence-electron chi connectivity index (χ1n) is 7.28. The molecule has 2 N–H and O–H groups in total. The Hall–Kier alpha value is -2.22. The zero-order valence-electron chi connectivity index (χ0n) is 12.2. The number of anilines is 1. The summed E-state index contributed by atoms with van der Waals surface area (Å²) in [4.78, 5) is 37.7. The summed E-state index contributed by atoms with van der Waals surface area (Å²) in [6.07, 6.45) is 2.74. The highest BCUT2D eigenvalue weighted by molar-refractivity contribution is 6.34. The number of hydrogen-bond donors (Lipinski definition) is 2. The number of imide groups is 1. The highest BCUT2D eigenvalue weighted by Crippen LogP contribution is 2.52. The van der Waals surface area contributed by atoms with Crippen LogP contribution in [0.1, 0.15) is 10.4 Å². The molecule has 0 aliphatic carbocycles.